The van der Waals surface area contributed by atoms with Crippen molar-refractivity contribution in [1.29, 1.82) is 0 Å². The number of carbonyl (C=O) groups excluding carboxylic acids is 1. The molecule has 0 bridgehead atoms. The monoisotopic (exact) mass is 283 g/mol. The fourth-order valence-electron chi connectivity index (χ4n) is 1.64. The van der Waals surface area contributed by atoms with Crippen molar-refractivity contribution in [2.45, 2.75) is 4.90 Å². The molecule has 0 radical (unpaired) electrons. The van der Waals surface area contributed by atoms with E-state index in [1.54, 1.807) is 12.1 Å². The van der Waals surface area contributed by atoms with Crippen LogP contribution in [-0.2, 0) is 14.8 Å². The molecule has 1 heterocycles. The Bertz CT molecular complexity index is 562. The van der Waals surface area contributed by atoms with Crippen LogP contribution in [0.25, 0.3) is 0 Å². The number of rotatable bonds is 4. The Kier molecular flexibility index (Phi) is 3.88. The normalized spacial score (nSPS) is 16.2. The van der Waals surface area contributed by atoms with Gasteiger partial charge in [-0.25, -0.2) is 12.7 Å². The lowest BCUT2D eigenvalue weighted by atomic mass is 10.0. The molecule has 1 aromatic rings. The summed E-state index contributed by atoms with van der Waals surface area (Å²) in [6.07, 6.45) is 0. The first-order valence-electron chi connectivity index (χ1n) is 5.95. The van der Waals surface area contributed by atoms with E-state index in [0.29, 0.717) is 18.8 Å². The highest BCUT2D eigenvalue weighted by atomic mass is 32.2. The van der Waals surface area contributed by atoms with Gasteiger partial charge in [0.15, 0.2) is 0 Å². The Hall–Kier alpha value is -1.44. The molecule has 2 N–H and O–H groups in total. The number of benzene rings is 1. The van der Waals surface area contributed by atoms with Crippen LogP contribution >= 0.6 is 0 Å². The highest BCUT2D eigenvalue weighted by Crippen LogP contribution is 2.17. The zero-order chi connectivity index (χ0) is 14.0. The predicted molar refractivity (Wildman–Crippen MR) is 72.3 cm³/mol. The Balaban J connectivity index is 2.08. The number of amides is 1. The van der Waals surface area contributed by atoms with Crippen molar-refractivity contribution < 1.29 is 13.2 Å². The maximum absolute atomic E-state index is 11.9. The SMILES string of the molecule is CN(C)S(=O)(=O)c1ccc(NC(=O)C2CNC2)cc1. The third kappa shape index (κ3) is 2.94. The van der Waals surface area contributed by atoms with Crippen molar-refractivity contribution in [3.8, 4) is 0 Å². The summed E-state index contributed by atoms with van der Waals surface area (Å²) in [4.78, 5) is 11.9. The van der Waals surface area contributed by atoms with E-state index >= 15 is 0 Å². The lowest BCUT2D eigenvalue weighted by molar-refractivity contribution is -0.121. The Morgan fingerprint density at radius 2 is 1.84 bits per heavy atom. The average Bonchev–Trinajstić information content (AvgIpc) is 2.27. The topological polar surface area (TPSA) is 78.5 Å². The van der Waals surface area contributed by atoms with Crippen LogP contribution in [0.1, 0.15) is 0 Å². The smallest absolute Gasteiger partial charge is 0.242 e. The summed E-state index contributed by atoms with van der Waals surface area (Å²) < 4.78 is 24.9. The van der Waals surface area contributed by atoms with E-state index in [9.17, 15) is 13.2 Å². The molecule has 1 amide bonds. The van der Waals surface area contributed by atoms with Crippen LogP contribution in [0, 0.1) is 5.92 Å². The van der Waals surface area contributed by atoms with Crippen molar-refractivity contribution in [2.24, 2.45) is 5.92 Å². The molecule has 1 saturated heterocycles. The molecule has 1 fully saturated rings. The van der Waals surface area contributed by atoms with Gasteiger partial charge in [-0.15, -0.1) is 0 Å². The number of anilines is 1. The number of carbonyl (C=O) groups is 1. The van der Waals surface area contributed by atoms with Crippen LogP contribution in [0.3, 0.4) is 0 Å². The lowest BCUT2D eigenvalue weighted by Crippen LogP contribution is -2.48. The highest BCUT2D eigenvalue weighted by Gasteiger charge is 2.24. The van der Waals surface area contributed by atoms with Crippen molar-refractivity contribution >= 4 is 21.6 Å². The zero-order valence-electron chi connectivity index (χ0n) is 10.9. The minimum absolute atomic E-state index is 0.00480. The van der Waals surface area contributed by atoms with Gasteiger partial charge in [-0.05, 0) is 24.3 Å². The summed E-state index contributed by atoms with van der Waals surface area (Å²) in [5.41, 5.74) is 0.606. The molecule has 1 aliphatic rings. The third-order valence-electron chi connectivity index (χ3n) is 3.05. The number of sulfonamides is 1. The van der Waals surface area contributed by atoms with E-state index in [-0.39, 0.29) is 16.7 Å². The Morgan fingerprint density at radius 1 is 1.26 bits per heavy atom. The molecule has 104 valence electrons. The molecule has 0 atom stereocenters. The van der Waals surface area contributed by atoms with Crippen LogP contribution in [0.5, 0.6) is 0 Å². The molecule has 19 heavy (non-hydrogen) atoms. The van der Waals surface area contributed by atoms with Gasteiger partial charge in [-0.3, -0.25) is 4.79 Å². The molecule has 0 aliphatic carbocycles. The maximum atomic E-state index is 11.9. The predicted octanol–water partition coefficient (Wildman–Crippen LogP) is 0.0948. The summed E-state index contributed by atoms with van der Waals surface area (Å²) in [5.74, 6) is -0.0350. The Labute approximate surface area is 112 Å². The summed E-state index contributed by atoms with van der Waals surface area (Å²) >= 11 is 0. The molecule has 7 heteroatoms. The summed E-state index contributed by atoms with van der Waals surface area (Å²) in [7, 11) is -0.460. The second-order valence-electron chi connectivity index (χ2n) is 4.66. The van der Waals surface area contributed by atoms with Gasteiger partial charge in [0.05, 0.1) is 10.8 Å². The van der Waals surface area contributed by atoms with E-state index in [2.05, 4.69) is 10.6 Å². The second kappa shape index (κ2) is 5.28. The molecule has 2 rings (SSSR count). The molecular weight excluding hydrogens is 266 g/mol. The van der Waals surface area contributed by atoms with Gasteiger partial charge >= 0.3 is 0 Å². The number of hydrogen-bond donors (Lipinski definition) is 2. The third-order valence-corrected chi connectivity index (χ3v) is 4.88. The number of nitrogens with one attached hydrogen (secondary N) is 2. The quantitative estimate of drug-likeness (QED) is 0.821. The van der Waals surface area contributed by atoms with Crippen LogP contribution in [0.2, 0.25) is 0 Å². The van der Waals surface area contributed by atoms with Crippen LogP contribution in [-0.4, -0.2) is 45.8 Å². The van der Waals surface area contributed by atoms with Gasteiger partial charge in [0, 0.05) is 32.9 Å². The molecule has 0 saturated carbocycles. The average molecular weight is 283 g/mol. The highest BCUT2D eigenvalue weighted by molar-refractivity contribution is 7.89. The fraction of sp³-hybridized carbons (Fsp3) is 0.417. The minimum Gasteiger partial charge on any atom is -0.326 e. The van der Waals surface area contributed by atoms with Crippen molar-refractivity contribution in [3.63, 3.8) is 0 Å². The molecular formula is C12H17N3O3S. The Morgan fingerprint density at radius 3 is 2.26 bits per heavy atom. The van der Waals surface area contributed by atoms with Crippen LogP contribution in [0.4, 0.5) is 5.69 Å². The fourth-order valence-corrected chi connectivity index (χ4v) is 2.54. The zero-order valence-corrected chi connectivity index (χ0v) is 11.7. The molecule has 6 nitrogen and oxygen atoms in total. The molecule has 0 unspecified atom stereocenters. The van der Waals surface area contributed by atoms with Gasteiger partial charge in [-0.2, -0.15) is 0 Å². The van der Waals surface area contributed by atoms with Gasteiger partial charge in [0.2, 0.25) is 15.9 Å². The van der Waals surface area contributed by atoms with Crippen molar-refractivity contribution in [3.05, 3.63) is 24.3 Å². The number of hydrogen-bond acceptors (Lipinski definition) is 4. The maximum Gasteiger partial charge on any atom is 0.242 e. The first-order valence-corrected chi connectivity index (χ1v) is 7.39. The van der Waals surface area contributed by atoms with E-state index < -0.39 is 10.0 Å². The van der Waals surface area contributed by atoms with Gasteiger partial charge in [0.1, 0.15) is 0 Å². The molecule has 0 spiro atoms. The molecule has 1 aromatic carbocycles. The first-order chi connectivity index (χ1) is 8.91. The van der Waals surface area contributed by atoms with Gasteiger partial charge in [0.25, 0.3) is 0 Å². The van der Waals surface area contributed by atoms with E-state index in [0.717, 1.165) is 4.31 Å². The summed E-state index contributed by atoms with van der Waals surface area (Å²) in [6, 6.07) is 6.18. The van der Waals surface area contributed by atoms with Crippen LogP contribution < -0.4 is 10.6 Å². The molecule has 0 aromatic heterocycles. The van der Waals surface area contributed by atoms with E-state index in [1.807, 2.05) is 0 Å². The van der Waals surface area contributed by atoms with Crippen LogP contribution in [0.15, 0.2) is 29.2 Å². The summed E-state index contributed by atoms with van der Waals surface area (Å²) in [5, 5.41) is 5.79. The van der Waals surface area contributed by atoms with E-state index in [4.69, 9.17) is 0 Å². The van der Waals surface area contributed by atoms with Crippen molar-refractivity contribution in [1.82, 2.24) is 9.62 Å². The minimum atomic E-state index is -3.42. The standard InChI is InChI=1S/C12H17N3O3S/c1-15(2)19(17,18)11-5-3-10(4-6-11)14-12(16)9-7-13-8-9/h3-6,9,13H,7-8H2,1-2H3,(H,14,16). The summed E-state index contributed by atoms with van der Waals surface area (Å²) in [6.45, 7) is 1.39. The van der Waals surface area contributed by atoms with Crippen molar-refractivity contribution in [2.75, 3.05) is 32.5 Å². The van der Waals surface area contributed by atoms with Gasteiger partial charge in [-0.1, -0.05) is 0 Å². The first kappa shape index (κ1) is 14.0. The molecule has 1 aliphatic heterocycles. The lowest BCUT2D eigenvalue weighted by Gasteiger charge is -2.25. The number of nitrogens with zero attached hydrogens (tertiary/aromatic N) is 1. The van der Waals surface area contributed by atoms with Gasteiger partial charge < -0.3 is 10.6 Å². The van der Waals surface area contributed by atoms with E-state index in [1.165, 1.54) is 26.2 Å². The largest absolute Gasteiger partial charge is 0.326 e. The second-order valence-corrected chi connectivity index (χ2v) is 6.81.